The van der Waals surface area contributed by atoms with Gasteiger partial charge in [0.05, 0.1) is 0 Å². The first-order valence-electron chi connectivity index (χ1n) is 7.06. The van der Waals surface area contributed by atoms with E-state index in [0.29, 0.717) is 5.91 Å². The van der Waals surface area contributed by atoms with Crippen LogP contribution in [0.3, 0.4) is 0 Å². The number of hydrogen-bond acceptors (Lipinski definition) is 1. The molecule has 1 saturated carbocycles. The van der Waals surface area contributed by atoms with Crippen LogP contribution in [0, 0.1) is 11.8 Å². The van der Waals surface area contributed by atoms with Crippen LogP contribution in [0.1, 0.15) is 58.3 Å². The van der Waals surface area contributed by atoms with Crippen molar-refractivity contribution in [3.05, 3.63) is 0 Å². The Morgan fingerprint density at radius 2 is 1.75 bits per heavy atom. The zero-order valence-electron chi connectivity index (χ0n) is 10.6. The maximum atomic E-state index is 12.1. The molecule has 2 nitrogen and oxygen atoms in total. The van der Waals surface area contributed by atoms with Crippen molar-refractivity contribution in [2.45, 2.75) is 58.3 Å². The lowest BCUT2D eigenvalue weighted by Gasteiger charge is -2.26. The van der Waals surface area contributed by atoms with Crippen molar-refractivity contribution in [1.29, 1.82) is 0 Å². The molecule has 0 aromatic carbocycles. The molecule has 1 saturated heterocycles. The number of carbonyl (C=O) groups excluding carboxylic acids is 1. The molecule has 0 spiro atoms. The summed E-state index contributed by atoms with van der Waals surface area (Å²) in [5.74, 6) is 1.51. The molecule has 0 aromatic rings. The van der Waals surface area contributed by atoms with E-state index in [9.17, 15) is 4.79 Å². The number of amides is 1. The molecule has 2 aliphatic rings. The first kappa shape index (κ1) is 11.9. The van der Waals surface area contributed by atoms with Gasteiger partial charge in [-0.15, -0.1) is 0 Å². The number of likely N-dealkylation sites (tertiary alicyclic amines) is 1. The van der Waals surface area contributed by atoms with E-state index in [0.717, 1.165) is 25.4 Å². The van der Waals surface area contributed by atoms with E-state index in [-0.39, 0.29) is 5.92 Å². The molecular formula is C14H25NO. The minimum atomic E-state index is 0.265. The van der Waals surface area contributed by atoms with Crippen LogP contribution in [0.25, 0.3) is 0 Å². The number of hydrogen-bond donors (Lipinski definition) is 0. The number of nitrogens with zero attached hydrogens (tertiary/aromatic N) is 1. The molecule has 16 heavy (non-hydrogen) atoms. The number of carbonyl (C=O) groups is 1. The summed E-state index contributed by atoms with van der Waals surface area (Å²) < 4.78 is 0. The van der Waals surface area contributed by atoms with E-state index in [1.165, 1.54) is 44.9 Å². The monoisotopic (exact) mass is 223 g/mol. The van der Waals surface area contributed by atoms with Gasteiger partial charge in [-0.05, 0) is 25.2 Å². The van der Waals surface area contributed by atoms with Crippen molar-refractivity contribution < 1.29 is 4.79 Å². The summed E-state index contributed by atoms with van der Waals surface area (Å²) >= 11 is 0. The van der Waals surface area contributed by atoms with Crippen LogP contribution in [0.15, 0.2) is 0 Å². The second kappa shape index (κ2) is 5.70. The number of rotatable bonds is 3. The minimum Gasteiger partial charge on any atom is -0.342 e. The van der Waals surface area contributed by atoms with Crippen LogP contribution >= 0.6 is 0 Å². The summed E-state index contributed by atoms with van der Waals surface area (Å²) in [6.07, 6.45) is 10.4. The fraction of sp³-hybridized carbons (Fsp3) is 0.929. The largest absolute Gasteiger partial charge is 0.342 e. The second-order valence-corrected chi connectivity index (χ2v) is 5.67. The molecule has 2 fully saturated rings. The van der Waals surface area contributed by atoms with Gasteiger partial charge >= 0.3 is 0 Å². The molecule has 1 aliphatic carbocycles. The van der Waals surface area contributed by atoms with Crippen LogP contribution < -0.4 is 0 Å². The average molecular weight is 223 g/mol. The molecule has 2 rings (SSSR count). The van der Waals surface area contributed by atoms with E-state index >= 15 is 0 Å². The van der Waals surface area contributed by atoms with Crippen LogP contribution in [0.4, 0.5) is 0 Å². The smallest absolute Gasteiger partial charge is 0.225 e. The van der Waals surface area contributed by atoms with Gasteiger partial charge in [0, 0.05) is 19.0 Å². The Labute approximate surface area is 99.4 Å². The molecule has 0 N–H and O–H groups in total. The predicted octanol–water partition coefficient (Wildman–Crippen LogP) is 3.22. The third-order valence-electron chi connectivity index (χ3n) is 4.25. The van der Waals surface area contributed by atoms with E-state index in [1.807, 2.05) is 0 Å². The van der Waals surface area contributed by atoms with E-state index in [2.05, 4.69) is 11.8 Å². The Morgan fingerprint density at radius 1 is 1.12 bits per heavy atom. The van der Waals surface area contributed by atoms with Gasteiger partial charge in [0.1, 0.15) is 0 Å². The summed E-state index contributed by atoms with van der Waals surface area (Å²) in [5, 5.41) is 0. The SMILES string of the molecule is CC(CC1CCCCC1)C(=O)N1CCCC1. The maximum Gasteiger partial charge on any atom is 0.225 e. The molecule has 1 unspecified atom stereocenters. The van der Waals surface area contributed by atoms with Gasteiger partial charge in [0.15, 0.2) is 0 Å². The highest BCUT2D eigenvalue weighted by molar-refractivity contribution is 5.78. The quantitative estimate of drug-likeness (QED) is 0.719. The fourth-order valence-electron chi connectivity index (χ4n) is 3.27. The highest BCUT2D eigenvalue weighted by atomic mass is 16.2. The van der Waals surface area contributed by atoms with Gasteiger partial charge < -0.3 is 4.90 Å². The Balaban J connectivity index is 1.77. The van der Waals surface area contributed by atoms with Gasteiger partial charge in [-0.2, -0.15) is 0 Å². The van der Waals surface area contributed by atoms with Gasteiger partial charge in [0.25, 0.3) is 0 Å². The van der Waals surface area contributed by atoms with Crippen molar-refractivity contribution in [3.63, 3.8) is 0 Å². The molecule has 1 aliphatic heterocycles. The first-order valence-corrected chi connectivity index (χ1v) is 7.06. The third kappa shape index (κ3) is 2.99. The standard InChI is InChI=1S/C14H25NO/c1-12(11-13-7-3-2-4-8-13)14(16)15-9-5-6-10-15/h12-13H,2-11H2,1H3. The zero-order valence-corrected chi connectivity index (χ0v) is 10.6. The third-order valence-corrected chi connectivity index (χ3v) is 4.25. The van der Waals surface area contributed by atoms with E-state index < -0.39 is 0 Å². The summed E-state index contributed by atoms with van der Waals surface area (Å²) in [6, 6.07) is 0. The van der Waals surface area contributed by atoms with Crippen LogP contribution in [-0.2, 0) is 4.79 Å². The predicted molar refractivity (Wildman–Crippen MR) is 66.2 cm³/mol. The summed E-state index contributed by atoms with van der Waals surface area (Å²) in [6.45, 7) is 4.15. The topological polar surface area (TPSA) is 20.3 Å². The van der Waals surface area contributed by atoms with Crippen molar-refractivity contribution in [2.24, 2.45) is 11.8 Å². The lowest BCUT2D eigenvalue weighted by Crippen LogP contribution is -2.33. The molecule has 1 heterocycles. The van der Waals surface area contributed by atoms with Gasteiger partial charge in [-0.25, -0.2) is 0 Å². The molecule has 92 valence electrons. The molecular weight excluding hydrogens is 198 g/mol. The fourth-order valence-corrected chi connectivity index (χ4v) is 3.27. The van der Waals surface area contributed by atoms with Crippen LogP contribution in [-0.4, -0.2) is 23.9 Å². The summed E-state index contributed by atoms with van der Waals surface area (Å²) in [5.41, 5.74) is 0. The minimum absolute atomic E-state index is 0.265. The Kier molecular flexibility index (Phi) is 4.25. The molecule has 0 bridgehead atoms. The van der Waals surface area contributed by atoms with Crippen molar-refractivity contribution in [3.8, 4) is 0 Å². The molecule has 2 heteroatoms. The maximum absolute atomic E-state index is 12.1. The molecule has 1 amide bonds. The van der Waals surface area contributed by atoms with Gasteiger partial charge in [0.2, 0.25) is 5.91 Å². The highest BCUT2D eigenvalue weighted by Crippen LogP contribution is 2.29. The van der Waals surface area contributed by atoms with Crippen molar-refractivity contribution >= 4 is 5.91 Å². The van der Waals surface area contributed by atoms with E-state index in [4.69, 9.17) is 0 Å². The average Bonchev–Trinajstić information content (AvgIpc) is 2.83. The van der Waals surface area contributed by atoms with Crippen molar-refractivity contribution in [2.75, 3.05) is 13.1 Å². The highest BCUT2D eigenvalue weighted by Gasteiger charge is 2.25. The summed E-state index contributed by atoms with van der Waals surface area (Å²) in [4.78, 5) is 14.2. The first-order chi connectivity index (χ1) is 7.77. The molecule has 0 radical (unpaired) electrons. The second-order valence-electron chi connectivity index (χ2n) is 5.67. The Morgan fingerprint density at radius 3 is 2.38 bits per heavy atom. The lowest BCUT2D eigenvalue weighted by molar-refractivity contribution is -0.134. The van der Waals surface area contributed by atoms with Crippen LogP contribution in [0.5, 0.6) is 0 Å². The Bertz CT molecular complexity index is 227. The lowest BCUT2D eigenvalue weighted by atomic mass is 9.83. The Hall–Kier alpha value is -0.530. The van der Waals surface area contributed by atoms with Gasteiger partial charge in [-0.3, -0.25) is 4.79 Å². The molecule has 1 atom stereocenters. The summed E-state index contributed by atoms with van der Waals surface area (Å²) in [7, 11) is 0. The van der Waals surface area contributed by atoms with Crippen LogP contribution in [0.2, 0.25) is 0 Å². The van der Waals surface area contributed by atoms with Crippen molar-refractivity contribution in [1.82, 2.24) is 4.90 Å². The van der Waals surface area contributed by atoms with E-state index in [1.54, 1.807) is 0 Å². The van der Waals surface area contributed by atoms with Gasteiger partial charge in [-0.1, -0.05) is 39.0 Å². The molecule has 0 aromatic heterocycles. The normalized spacial score (nSPS) is 24.7. The zero-order chi connectivity index (χ0) is 11.4.